The Morgan fingerprint density at radius 2 is 2.24 bits per heavy atom. The molecule has 0 radical (unpaired) electrons. The van der Waals surface area contributed by atoms with E-state index < -0.39 is 0 Å². The zero-order valence-electron chi connectivity index (χ0n) is 9.98. The monoisotopic (exact) mass is 257 g/mol. The largest absolute Gasteiger partial charge is 0.467 e. The van der Waals surface area contributed by atoms with E-state index in [1.807, 2.05) is 0 Å². The van der Waals surface area contributed by atoms with E-state index >= 15 is 0 Å². The molecular formula is C10H16ClN5O. The average Bonchev–Trinajstić information content (AvgIpc) is 2.28. The van der Waals surface area contributed by atoms with Crippen LogP contribution in [0.5, 0.6) is 6.01 Å². The van der Waals surface area contributed by atoms with Crippen molar-refractivity contribution in [3.8, 4) is 6.01 Å². The van der Waals surface area contributed by atoms with Crippen molar-refractivity contribution in [1.82, 2.24) is 19.9 Å². The van der Waals surface area contributed by atoms with E-state index in [4.69, 9.17) is 16.3 Å². The molecule has 0 aromatic carbocycles. The Morgan fingerprint density at radius 1 is 1.41 bits per heavy atom. The van der Waals surface area contributed by atoms with Gasteiger partial charge in [0, 0.05) is 12.6 Å². The van der Waals surface area contributed by atoms with Crippen LogP contribution in [0.2, 0.25) is 5.28 Å². The molecule has 1 saturated heterocycles. The van der Waals surface area contributed by atoms with E-state index in [2.05, 4.69) is 32.2 Å². The highest BCUT2D eigenvalue weighted by Gasteiger charge is 2.18. The van der Waals surface area contributed by atoms with Gasteiger partial charge in [-0.15, -0.1) is 0 Å². The summed E-state index contributed by atoms with van der Waals surface area (Å²) in [7, 11) is 3.61. The zero-order valence-corrected chi connectivity index (χ0v) is 10.7. The second-order valence-electron chi connectivity index (χ2n) is 4.16. The van der Waals surface area contributed by atoms with Crippen molar-refractivity contribution in [1.29, 1.82) is 0 Å². The first-order valence-electron chi connectivity index (χ1n) is 5.58. The number of halogens is 1. The van der Waals surface area contributed by atoms with Crippen molar-refractivity contribution < 1.29 is 4.74 Å². The van der Waals surface area contributed by atoms with Crippen LogP contribution in [0.4, 0.5) is 5.95 Å². The smallest absolute Gasteiger partial charge is 0.322 e. The molecule has 0 saturated carbocycles. The molecule has 1 fully saturated rings. The van der Waals surface area contributed by atoms with Gasteiger partial charge < -0.3 is 15.0 Å². The molecule has 1 aromatic heterocycles. The molecule has 17 heavy (non-hydrogen) atoms. The number of methoxy groups -OCH3 is 1. The third-order valence-electron chi connectivity index (χ3n) is 2.73. The van der Waals surface area contributed by atoms with Gasteiger partial charge in [0.05, 0.1) is 7.11 Å². The van der Waals surface area contributed by atoms with Gasteiger partial charge in [-0.05, 0) is 38.0 Å². The van der Waals surface area contributed by atoms with Crippen LogP contribution in [-0.4, -0.2) is 53.1 Å². The minimum absolute atomic E-state index is 0.142. The summed E-state index contributed by atoms with van der Waals surface area (Å²) < 4.78 is 4.95. The summed E-state index contributed by atoms with van der Waals surface area (Å²) in [4.78, 5) is 14.3. The second-order valence-corrected chi connectivity index (χ2v) is 4.50. The van der Waals surface area contributed by atoms with Crippen molar-refractivity contribution in [3.63, 3.8) is 0 Å². The van der Waals surface area contributed by atoms with E-state index in [-0.39, 0.29) is 11.3 Å². The number of ether oxygens (including phenoxy) is 1. The lowest BCUT2D eigenvalue weighted by Crippen LogP contribution is -2.40. The highest BCUT2D eigenvalue weighted by atomic mass is 35.5. The number of rotatable bonds is 3. The first-order chi connectivity index (χ1) is 8.17. The number of likely N-dealkylation sites (N-methyl/N-ethyl adjacent to an activating group) is 1. The lowest BCUT2D eigenvalue weighted by molar-refractivity contribution is 0.260. The Labute approximate surface area is 105 Å². The number of piperidine rings is 1. The quantitative estimate of drug-likeness (QED) is 0.873. The molecule has 1 atom stereocenters. The molecule has 1 unspecified atom stereocenters. The maximum absolute atomic E-state index is 5.78. The van der Waals surface area contributed by atoms with E-state index in [0.717, 1.165) is 19.5 Å². The van der Waals surface area contributed by atoms with Crippen molar-refractivity contribution in [2.24, 2.45) is 0 Å². The van der Waals surface area contributed by atoms with Gasteiger partial charge in [0.25, 0.3) is 0 Å². The molecule has 0 spiro atoms. The Morgan fingerprint density at radius 3 is 2.94 bits per heavy atom. The summed E-state index contributed by atoms with van der Waals surface area (Å²) in [5.74, 6) is 0.474. The Hall–Kier alpha value is -1.14. The van der Waals surface area contributed by atoms with Crippen LogP contribution in [-0.2, 0) is 0 Å². The number of anilines is 1. The minimum Gasteiger partial charge on any atom is -0.467 e. The van der Waals surface area contributed by atoms with Crippen molar-refractivity contribution >= 4 is 17.5 Å². The number of nitrogens with one attached hydrogen (secondary N) is 1. The molecule has 1 aliphatic heterocycles. The highest BCUT2D eigenvalue weighted by molar-refractivity contribution is 6.28. The van der Waals surface area contributed by atoms with E-state index in [9.17, 15) is 0 Å². The number of hydrogen-bond donors (Lipinski definition) is 1. The minimum atomic E-state index is 0.142. The predicted octanol–water partition coefficient (Wildman–Crippen LogP) is 1.04. The molecule has 2 rings (SSSR count). The summed E-state index contributed by atoms with van der Waals surface area (Å²) in [6.07, 6.45) is 2.28. The molecule has 0 aliphatic carbocycles. The van der Waals surface area contributed by atoms with Crippen LogP contribution in [0.3, 0.4) is 0 Å². The maximum Gasteiger partial charge on any atom is 0.322 e. The number of hydrogen-bond acceptors (Lipinski definition) is 6. The van der Waals surface area contributed by atoms with Gasteiger partial charge >= 0.3 is 6.01 Å². The number of nitrogens with zero attached hydrogens (tertiary/aromatic N) is 4. The van der Waals surface area contributed by atoms with Gasteiger partial charge in [-0.2, -0.15) is 15.0 Å². The van der Waals surface area contributed by atoms with Gasteiger partial charge in [0.15, 0.2) is 0 Å². The molecule has 0 bridgehead atoms. The highest BCUT2D eigenvalue weighted by Crippen LogP contribution is 2.15. The third-order valence-corrected chi connectivity index (χ3v) is 2.90. The van der Waals surface area contributed by atoms with Crippen molar-refractivity contribution in [3.05, 3.63) is 5.28 Å². The number of likely N-dealkylation sites (tertiary alicyclic amines) is 1. The SMILES string of the molecule is COc1nc(Cl)nc(NC2CCCN(C)C2)n1. The molecule has 7 heteroatoms. The summed E-state index contributed by atoms with van der Waals surface area (Å²) >= 11 is 5.78. The van der Waals surface area contributed by atoms with Crippen LogP contribution in [0, 0.1) is 0 Å². The Bertz CT molecular complexity index is 389. The number of aromatic nitrogens is 3. The molecular weight excluding hydrogens is 242 g/mol. The average molecular weight is 258 g/mol. The normalized spacial score (nSPS) is 21.2. The lowest BCUT2D eigenvalue weighted by Gasteiger charge is -2.30. The first-order valence-corrected chi connectivity index (χ1v) is 5.96. The molecule has 1 N–H and O–H groups in total. The molecule has 94 valence electrons. The summed E-state index contributed by atoms with van der Waals surface area (Å²) in [6.45, 7) is 2.12. The van der Waals surface area contributed by atoms with E-state index in [1.165, 1.54) is 13.5 Å². The van der Waals surface area contributed by atoms with Gasteiger partial charge in [0.2, 0.25) is 11.2 Å². The molecule has 6 nitrogen and oxygen atoms in total. The maximum atomic E-state index is 5.78. The van der Waals surface area contributed by atoms with E-state index in [0.29, 0.717) is 12.0 Å². The second kappa shape index (κ2) is 5.46. The molecule has 0 amide bonds. The molecule has 2 heterocycles. The van der Waals surface area contributed by atoms with Gasteiger partial charge in [-0.25, -0.2) is 0 Å². The zero-order chi connectivity index (χ0) is 12.3. The fourth-order valence-electron chi connectivity index (χ4n) is 1.95. The standard InChI is InChI=1S/C10H16ClN5O/c1-16-5-3-4-7(6-16)12-9-13-8(11)14-10(15-9)17-2/h7H,3-6H2,1-2H3,(H,12,13,14,15). The van der Waals surface area contributed by atoms with Crippen LogP contribution >= 0.6 is 11.6 Å². The first kappa shape index (κ1) is 12.3. The van der Waals surface area contributed by atoms with Gasteiger partial charge in [-0.1, -0.05) is 0 Å². The molecule has 1 aromatic rings. The summed E-state index contributed by atoms with van der Waals surface area (Å²) in [6, 6.07) is 0.577. The fraction of sp³-hybridized carbons (Fsp3) is 0.700. The van der Waals surface area contributed by atoms with E-state index in [1.54, 1.807) is 0 Å². The Balaban J connectivity index is 2.04. The fourth-order valence-corrected chi connectivity index (χ4v) is 2.11. The van der Waals surface area contributed by atoms with Crippen LogP contribution in [0.15, 0.2) is 0 Å². The third kappa shape index (κ3) is 3.41. The van der Waals surface area contributed by atoms with Gasteiger partial charge in [0.1, 0.15) is 0 Å². The van der Waals surface area contributed by atoms with Crippen molar-refractivity contribution in [2.75, 3.05) is 32.6 Å². The predicted molar refractivity (Wildman–Crippen MR) is 65.5 cm³/mol. The van der Waals surface area contributed by atoms with Crippen LogP contribution in [0.25, 0.3) is 0 Å². The lowest BCUT2D eigenvalue weighted by atomic mass is 10.1. The topological polar surface area (TPSA) is 63.2 Å². The van der Waals surface area contributed by atoms with Crippen molar-refractivity contribution in [2.45, 2.75) is 18.9 Å². The van der Waals surface area contributed by atoms with Gasteiger partial charge in [-0.3, -0.25) is 0 Å². The van der Waals surface area contributed by atoms with Crippen LogP contribution in [0.1, 0.15) is 12.8 Å². The molecule has 1 aliphatic rings. The van der Waals surface area contributed by atoms with Crippen LogP contribution < -0.4 is 10.1 Å². The summed E-state index contributed by atoms with van der Waals surface area (Å²) in [5, 5.41) is 3.40. The summed E-state index contributed by atoms with van der Waals surface area (Å²) in [5.41, 5.74) is 0. The Kier molecular flexibility index (Phi) is 3.96.